The van der Waals surface area contributed by atoms with Crippen molar-refractivity contribution in [3.63, 3.8) is 0 Å². The lowest BCUT2D eigenvalue weighted by molar-refractivity contribution is -0.113. The number of aromatic nitrogens is 2. The molecule has 0 aliphatic carbocycles. The molecule has 0 fully saturated rings. The highest BCUT2D eigenvalue weighted by Gasteiger charge is 2.09. The van der Waals surface area contributed by atoms with E-state index >= 15 is 0 Å². The second kappa shape index (κ2) is 8.68. The highest BCUT2D eigenvalue weighted by molar-refractivity contribution is 8.01. The first kappa shape index (κ1) is 18.2. The van der Waals surface area contributed by atoms with Crippen molar-refractivity contribution >= 4 is 51.2 Å². The van der Waals surface area contributed by atoms with Crippen LogP contribution in [0.3, 0.4) is 0 Å². The first-order chi connectivity index (χ1) is 12.6. The molecule has 0 radical (unpaired) electrons. The maximum atomic E-state index is 12.1. The van der Waals surface area contributed by atoms with E-state index in [0.717, 1.165) is 21.4 Å². The third kappa shape index (κ3) is 5.21. The van der Waals surface area contributed by atoms with Gasteiger partial charge in [-0.05, 0) is 36.4 Å². The summed E-state index contributed by atoms with van der Waals surface area (Å²) in [6.45, 7) is 0. The van der Waals surface area contributed by atoms with E-state index in [4.69, 9.17) is 0 Å². The van der Waals surface area contributed by atoms with Crippen molar-refractivity contribution in [2.75, 3.05) is 35.4 Å². The van der Waals surface area contributed by atoms with Crippen LogP contribution in [0.1, 0.15) is 0 Å². The number of thioether (sulfide) groups is 1. The molecule has 1 amide bonds. The summed E-state index contributed by atoms with van der Waals surface area (Å²) in [7, 11) is 3.96. The van der Waals surface area contributed by atoms with Crippen LogP contribution in [0.2, 0.25) is 0 Å². The second-order valence-corrected chi connectivity index (χ2v) is 7.84. The summed E-state index contributed by atoms with van der Waals surface area (Å²) in [6, 6.07) is 17.5. The fraction of sp³-hybridized carbons (Fsp3) is 0.167. The lowest BCUT2D eigenvalue weighted by atomic mass is 10.2. The number of carbonyl (C=O) groups excluding carboxylic acids is 1. The molecule has 3 aromatic rings. The molecule has 1 aromatic heterocycles. The molecular weight excluding hydrogens is 366 g/mol. The molecule has 0 aliphatic rings. The molecule has 0 aliphatic heterocycles. The van der Waals surface area contributed by atoms with E-state index in [9.17, 15) is 4.79 Å². The van der Waals surface area contributed by atoms with Gasteiger partial charge in [0, 0.05) is 31.2 Å². The van der Waals surface area contributed by atoms with Crippen LogP contribution >= 0.6 is 23.1 Å². The minimum atomic E-state index is -0.0691. The molecule has 0 saturated heterocycles. The van der Waals surface area contributed by atoms with Crippen LogP contribution in [-0.2, 0) is 4.79 Å². The van der Waals surface area contributed by atoms with Crippen LogP contribution in [0, 0.1) is 0 Å². The zero-order valence-corrected chi connectivity index (χ0v) is 16.1. The van der Waals surface area contributed by atoms with Gasteiger partial charge in [-0.25, -0.2) is 0 Å². The number of amides is 1. The Bertz CT molecular complexity index is 850. The molecule has 134 valence electrons. The van der Waals surface area contributed by atoms with E-state index in [1.807, 2.05) is 73.6 Å². The van der Waals surface area contributed by atoms with Gasteiger partial charge in [0.15, 0.2) is 4.34 Å². The third-order valence-electron chi connectivity index (χ3n) is 3.43. The molecule has 3 rings (SSSR count). The molecule has 0 saturated carbocycles. The fourth-order valence-corrected chi connectivity index (χ4v) is 3.70. The van der Waals surface area contributed by atoms with E-state index in [1.54, 1.807) is 0 Å². The van der Waals surface area contributed by atoms with Crippen molar-refractivity contribution in [3.8, 4) is 0 Å². The number of hydrogen-bond acceptors (Lipinski definition) is 7. The van der Waals surface area contributed by atoms with Gasteiger partial charge in [-0.15, -0.1) is 10.2 Å². The van der Waals surface area contributed by atoms with Crippen molar-refractivity contribution in [1.82, 2.24) is 10.2 Å². The van der Waals surface area contributed by atoms with Crippen LogP contribution < -0.4 is 15.5 Å². The number of rotatable bonds is 7. The Morgan fingerprint density at radius 3 is 2.46 bits per heavy atom. The van der Waals surface area contributed by atoms with Crippen LogP contribution in [0.5, 0.6) is 0 Å². The van der Waals surface area contributed by atoms with Gasteiger partial charge in [0.25, 0.3) is 0 Å². The molecule has 0 atom stereocenters. The highest BCUT2D eigenvalue weighted by Crippen LogP contribution is 2.27. The standard InChI is InChI=1S/C18H19N5OS2/c1-23(2)15-10-8-14(9-11-15)19-16(24)12-25-18-22-21-17(26-18)20-13-6-4-3-5-7-13/h3-11H,12H2,1-2H3,(H,19,24)(H,20,21). The Morgan fingerprint density at radius 2 is 1.77 bits per heavy atom. The predicted molar refractivity (Wildman–Crippen MR) is 110 cm³/mol. The number of nitrogens with zero attached hydrogens (tertiary/aromatic N) is 3. The molecule has 2 aromatic carbocycles. The van der Waals surface area contributed by atoms with Gasteiger partial charge in [-0.1, -0.05) is 41.3 Å². The van der Waals surface area contributed by atoms with Gasteiger partial charge < -0.3 is 15.5 Å². The van der Waals surface area contributed by atoms with E-state index in [0.29, 0.717) is 5.13 Å². The lowest BCUT2D eigenvalue weighted by Crippen LogP contribution is -2.14. The van der Waals surface area contributed by atoms with Crippen molar-refractivity contribution in [1.29, 1.82) is 0 Å². The van der Waals surface area contributed by atoms with Crippen molar-refractivity contribution in [3.05, 3.63) is 54.6 Å². The molecular formula is C18H19N5OS2. The Hall–Kier alpha value is -2.58. The van der Waals surface area contributed by atoms with Crippen LogP contribution in [0.4, 0.5) is 22.2 Å². The van der Waals surface area contributed by atoms with Crippen LogP contribution in [0.15, 0.2) is 58.9 Å². The smallest absolute Gasteiger partial charge is 0.234 e. The topological polar surface area (TPSA) is 70.2 Å². The van der Waals surface area contributed by atoms with Crippen LogP contribution in [-0.4, -0.2) is 36.0 Å². The monoisotopic (exact) mass is 385 g/mol. The quantitative estimate of drug-likeness (QED) is 0.597. The number of anilines is 4. The highest BCUT2D eigenvalue weighted by atomic mass is 32.2. The molecule has 6 nitrogen and oxygen atoms in total. The summed E-state index contributed by atoms with van der Waals surface area (Å²) in [5, 5.41) is 15.0. The Balaban J connectivity index is 1.48. The Kier molecular flexibility index (Phi) is 6.08. The molecule has 1 heterocycles. The summed E-state index contributed by atoms with van der Waals surface area (Å²) in [4.78, 5) is 14.1. The Labute approximate surface area is 160 Å². The molecule has 8 heteroatoms. The van der Waals surface area contributed by atoms with Crippen LogP contribution in [0.25, 0.3) is 0 Å². The molecule has 2 N–H and O–H groups in total. The first-order valence-electron chi connectivity index (χ1n) is 7.96. The third-order valence-corrected chi connectivity index (χ3v) is 5.40. The van der Waals surface area contributed by atoms with E-state index in [1.165, 1.54) is 23.1 Å². The summed E-state index contributed by atoms with van der Waals surface area (Å²) in [5.41, 5.74) is 2.83. The summed E-state index contributed by atoms with van der Waals surface area (Å²) in [6.07, 6.45) is 0. The zero-order valence-electron chi connectivity index (χ0n) is 14.5. The van der Waals surface area contributed by atoms with Gasteiger partial charge in [0.05, 0.1) is 5.75 Å². The zero-order chi connectivity index (χ0) is 18.4. The largest absolute Gasteiger partial charge is 0.378 e. The molecule has 0 spiro atoms. The summed E-state index contributed by atoms with van der Waals surface area (Å²) < 4.78 is 0.751. The maximum Gasteiger partial charge on any atom is 0.234 e. The minimum absolute atomic E-state index is 0.0691. The van der Waals surface area contributed by atoms with Gasteiger partial charge >= 0.3 is 0 Å². The van der Waals surface area contributed by atoms with Gasteiger partial charge in [-0.2, -0.15) is 0 Å². The number of carbonyl (C=O) groups is 1. The summed E-state index contributed by atoms with van der Waals surface area (Å²) in [5.74, 6) is 0.218. The van der Waals surface area contributed by atoms with Gasteiger partial charge in [0.2, 0.25) is 11.0 Å². The number of hydrogen-bond donors (Lipinski definition) is 2. The van der Waals surface area contributed by atoms with Gasteiger partial charge in [0.1, 0.15) is 0 Å². The SMILES string of the molecule is CN(C)c1ccc(NC(=O)CSc2nnc(Nc3ccccc3)s2)cc1. The predicted octanol–water partition coefficient (Wildman–Crippen LogP) is 4.08. The normalized spacial score (nSPS) is 10.4. The second-order valence-electron chi connectivity index (χ2n) is 5.64. The molecule has 0 unspecified atom stereocenters. The number of nitrogens with one attached hydrogen (secondary N) is 2. The fourth-order valence-electron chi connectivity index (χ4n) is 2.13. The molecule has 26 heavy (non-hydrogen) atoms. The van der Waals surface area contributed by atoms with E-state index < -0.39 is 0 Å². The maximum absolute atomic E-state index is 12.1. The van der Waals surface area contributed by atoms with E-state index in [-0.39, 0.29) is 11.7 Å². The lowest BCUT2D eigenvalue weighted by Gasteiger charge is -2.12. The van der Waals surface area contributed by atoms with Crippen molar-refractivity contribution in [2.45, 2.75) is 4.34 Å². The first-order valence-corrected chi connectivity index (χ1v) is 9.76. The average molecular weight is 386 g/mol. The number of para-hydroxylation sites is 1. The average Bonchev–Trinajstić information content (AvgIpc) is 3.09. The van der Waals surface area contributed by atoms with Crippen molar-refractivity contribution < 1.29 is 4.79 Å². The minimum Gasteiger partial charge on any atom is -0.378 e. The summed E-state index contributed by atoms with van der Waals surface area (Å²) >= 11 is 2.80. The van der Waals surface area contributed by atoms with Crippen molar-refractivity contribution in [2.24, 2.45) is 0 Å². The van der Waals surface area contributed by atoms with Gasteiger partial charge in [-0.3, -0.25) is 4.79 Å². The van der Waals surface area contributed by atoms with E-state index in [2.05, 4.69) is 20.8 Å². The number of benzene rings is 2. The molecule has 0 bridgehead atoms. The Morgan fingerprint density at radius 1 is 1.04 bits per heavy atom.